The van der Waals surface area contributed by atoms with E-state index in [9.17, 15) is 13.2 Å². The molecule has 2 aromatic rings. The first kappa shape index (κ1) is 21.9. The van der Waals surface area contributed by atoms with Crippen LogP contribution in [-0.2, 0) is 21.4 Å². The minimum Gasteiger partial charge on any atom is -0.355 e. The van der Waals surface area contributed by atoms with E-state index in [1.54, 1.807) is 35.6 Å². The van der Waals surface area contributed by atoms with Gasteiger partial charge in [-0.1, -0.05) is 17.7 Å². The van der Waals surface area contributed by atoms with Crippen LogP contribution in [0.3, 0.4) is 0 Å². The Labute approximate surface area is 176 Å². The number of aromatic nitrogens is 1. The second-order valence-electron chi connectivity index (χ2n) is 7.41. The highest BCUT2D eigenvalue weighted by molar-refractivity contribution is 7.89. The Morgan fingerprint density at radius 1 is 1.17 bits per heavy atom. The van der Waals surface area contributed by atoms with Gasteiger partial charge in [0.25, 0.3) is 0 Å². The Morgan fingerprint density at radius 2 is 1.86 bits per heavy atom. The summed E-state index contributed by atoms with van der Waals surface area (Å²) in [6, 6.07) is 6.69. The van der Waals surface area contributed by atoms with Gasteiger partial charge in [-0.2, -0.15) is 0 Å². The number of benzene rings is 1. The molecule has 29 heavy (non-hydrogen) atoms. The predicted octanol–water partition coefficient (Wildman–Crippen LogP) is 2.07. The average Bonchev–Trinajstić information content (AvgIpc) is 3.10. The van der Waals surface area contributed by atoms with Gasteiger partial charge in [-0.05, 0) is 51.9 Å². The molecule has 1 aromatic heterocycles. The SMILES string of the molecule is Cc1ccc(S(=O)(=O)NCCNC(=O)C2CCN(Cc3csc(C)n3)CC2)cc1. The molecule has 1 amide bonds. The van der Waals surface area contributed by atoms with Crippen LogP contribution in [-0.4, -0.2) is 50.4 Å². The van der Waals surface area contributed by atoms with Crippen LogP contribution < -0.4 is 10.0 Å². The molecule has 9 heteroatoms. The molecule has 0 atom stereocenters. The van der Waals surface area contributed by atoms with E-state index in [0.29, 0.717) is 0 Å². The molecule has 2 heterocycles. The molecule has 0 spiro atoms. The number of rotatable bonds is 8. The number of carbonyl (C=O) groups excluding carboxylic acids is 1. The van der Waals surface area contributed by atoms with Crippen molar-refractivity contribution < 1.29 is 13.2 Å². The van der Waals surface area contributed by atoms with Crippen molar-refractivity contribution in [3.63, 3.8) is 0 Å². The summed E-state index contributed by atoms with van der Waals surface area (Å²) in [6.07, 6.45) is 1.62. The minimum atomic E-state index is -3.55. The molecule has 0 saturated carbocycles. The van der Waals surface area contributed by atoms with E-state index in [0.717, 1.165) is 48.7 Å². The molecule has 0 unspecified atom stereocenters. The lowest BCUT2D eigenvalue weighted by molar-refractivity contribution is -0.126. The Balaban J connectivity index is 1.36. The van der Waals surface area contributed by atoms with Crippen LogP contribution in [0.5, 0.6) is 0 Å². The predicted molar refractivity (Wildman–Crippen MR) is 114 cm³/mol. The standard InChI is InChI=1S/C20H28N4O3S2/c1-15-3-5-19(6-4-15)29(26,27)22-10-9-21-20(25)17-7-11-24(12-8-17)13-18-14-28-16(2)23-18/h3-6,14,17,22H,7-13H2,1-2H3,(H,21,25). The van der Waals surface area contributed by atoms with Crippen molar-refractivity contribution in [3.05, 3.63) is 45.9 Å². The lowest BCUT2D eigenvalue weighted by Gasteiger charge is -2.30. The highest BCUT2D eigenvalue weighted by Crippen LogP contribution is 2.20. The normalized spacial score (nSPS) is 16.1. The third-order valence-electron chi connectivity index (χ3n) is 5.06. The molecular formula is C20H28N4O3S2. The summed E-state index contributed by atoms with van der Waals surface area (Å²) in [7, 11) is -3.55. The molecule has 1 aliphatic rings. The van der Waals surface area contributed by atoms with Crippen LogP contribution in [0.2, 0.25) is 0 Å². The molecule has 2 N–H and O–H groups in total. The van der Waals surface area contributed by atoms with Crippen molar-refractivity contribution in [1.29, 1.82) is 0 Å². The number of nitrogens with one attached hydrogen (secondary N) is 2. The number of carbonyl (C=O) groups is 1. The van der Waals surface area contributed by atoms with Gasteiger partial charge < -0.3 is 5.32 Å². The second kappa shape index (κ2) is 9.80. The third kappa shape index (κ3) is 6.33. The molecular weight excluding hydrogens is 408 g/mol. The molecule has 0 bridgehead atoms. The largest absolute Gasteiger partial charge is 0.355 e. The van der Waals surface area contributed by atoms with Gasteiger partial charge in [0.1, 0.15) is 0 Å². The molecule has 1 aromatic carbocycles. The number of hydrogen-bond acceptors (Lipinski definition) is 6. The van der Waals surface area contributed by atoms with Gasteiger partial charge in [0.15, 0.2) is 0 Å². The van der Waals surface area contributed by atoms with Crippen molar-refractivity contribution in [1.82, 2.24) is 19.9 Å². The van der Waals surface area contributed by atoms with E-state index in [4.69, 9.17) is 0 Å². The Hall–Kier alpha value is -1.81. The summed E-state index contributed by atoms with van der Waals surface area (Å²) in [5, 5.41) is 6.02. The number of sulfonamides is 1. The van der Waals surface area contributed by atoms with Crippen molar-refractivity contribution in [2.75, 3.05) is 26.2 Å². The highest BCUT2D eigenvalue weighted by Gasteiger charge is 2.25. The number of hydrogen-bond donors (Lipinski definition) is 2. The van der Waals surface area contributed by atoms with Gasteiger partial charge in [0.05, 0.1) is 15.6 Å². The summed E-state index contributed by atoms with van der Waals surface area (Å²) >= 11 is 1.66. The van der Waals surface area contributed by atoms with Crippen LogP contribution >= 0.6 is 11.3 Å². The fourth-order valence-corrected chi connectivity index (χ4v) is 5.02. The van der Waals surface area contributed by atoms with Crippen LogP contribution in [0, 0.1) is 19.8 Å². The molecule has 0 aliphatic carbocycles. The fourth-order valence-electron chi connectivity index (χ4n) is 3.38. The molecule has 1 aliphatic heterocycles. The maximum Gasteiger partial charge on any atom is 0.240 e. The van der Waals surface area contributed by atoms with E-state index in [1.165, 1.54) is 0 Å². The van der Waals surface area contributed by atoms with Gasteiger partial charge in [-0.3, -0.25) is 9.69 Å². The zero-order valence-electron chi connectivity index (χ0n) is 16.8. The number of thiazole rings is 1. The van der Waals surface area contributed by atoms with Crippen molar-refractivity contribution in [2.24, 2.45) is 5.92 Å². The summed E-state index contributed by atoms with van der Waals surface area (Å²) in [6.45, 7) is 6.94. The van der Waals surface area contributed by atoms with Gasteiger partial charge in [0.2, 0.25) is 15.9 Å². The van der Waals surface area contributed by atoms with Crippen LogP contribution in [0.15, 0.2) is 34.5 Å². The van der Waals surface area contributed by atoms with Crippen molar-refractivity contribution in [3.8, 4) is 0 Å². The Bertz CT molecular complexity index is 917. The first-order valence-electron chi connectivity index (χ1n) is 9.81. The van der Waals surface area contributed by atoms with E-state index < -0.39 is 10.0 Å². The Kier molecular flexibility index (Phi) is 7.39. The number of likely N-dealkylation sites (tertiary alicyclic amines) is 1. The highest BCUT2D eigenvalue weighted by atomic mass is 32.2. The van der Waals surface area contributed by atoms with Gasteiger partial charge in [-0.15, -0.1) is 11.3 Å². The third-order valence-corrected chi connectivity index (χ3v) is 7.36. The fraction of sp³-hybridized carbons (Fsp3) is 0.500. The summed E-state index contributed by atoms with van der Waals surface area (Å²) in [4.78, 5) is 19.4. The van der Waals surface area contributed by atoms with E-state index in [1.807, 2.05) is 13.8 Å². The van der Waals surface area contributed by atoms with Crippen LogP contribution in [0.1, 0.15) is 29.1 Å². The van der Waals surface area contributed by atoms with Crippen LogP contribution in [0.25, 0.3) is 0 Å². The summed E-state index contributed by atoms with van der Waals surface area (Å²) < 4.78 is 27.0. The topological polar surface area (TPSA) is 91.4 Å². The Morgan fingerprint density at radius 3 is 2.48 bits per heavy atom. The average molecular weight is 437 g/mol. The monoisotopic (exact) mass is 436 g/mol. The van der Waals surface area contributed by atoms with E-state index in [2.05, 4.69) is 25.3 Å². The maximum atomic E-state index is 12.4. The smallest absolute Gasteiger partial charge is 0.240 e. The molecule has 3 rings (SSSR count). The summed E-state index contributed by atoms with van der Waals surface area (Å²) in [5.74, 6) is -0.0131. The molecule has 1 fully saturated rings. The number of piperidine rings is 1. The molecule has 1 saturated heterocycles. The first-order chi connectivity index (χ1) is 13.8. The lowest BCUT2D eigenvalue weighted by atomic mass is 9.96. The first-order valence-corrected chi connectivity index (χ1v) is 12.2. The van der Waals surface area contributed by atoms with Gasteiger partial charge in [-0.25, -0.2) is 18.1 Å². The number of amides is 1. The maximum absolute atomic E-state index is 12.4. The second-order valence-corrected chi connectivity index (χ2v) is 10.2. The summed E-state index contributed by atoms with van der Waals surface area (Å²) in [5.41, 5.74) is 2.10. The molecule has 7 nitrogen and oxygen atoms in total. The lowest BCUT2D eigenvalue weighted by Crippen LogP contribution is -2.42. The van der Waals surface area contributed by atoms with E-state index in [-0.39, 0.29) is 29.8 Å². The quantitative estimate of drug-likeness (QED) is 0.618. The number of nitrogens with zero attached hydrogens (tertiary/aromatic N) is 2. The molecule has 158 valence electrons. The van der Waals surface area contributed by atoms with Crippen molar-refractivity contribution in [2.45, 2.75) is 38.1 Å². The zero-order valence-corrected chi connectivity index (χ0v) is 18.5. The van der Waals surface area contributed by atoms with E-state index >= 15 is 0 Å². The zero-order chi connectivity index (χ0) is 20.9. The van der Waals surface area contributed by atoms with Crippen molar-refractivity contribution >= 4 is 27.3 Å². The van der Waals surface area contributed by atoms with Gasteiger partial charge in [0, 0.05) is 30.9 Å². The minimum absolute atomic E-state index is 0.00341. The van der Waals surface area contributed by atoms with Gasteiger partial charge >= 0.3 is 0 Å². The molecule has 0 radical (unpaired) electrons. The van der Waals surface area contributed by atoms with Crippen LogP contribution in [0.4, 0.5) is 0 Å². The number of aryl methyl sites for hydroxylation is 2.